The van der Waals surface area contributed by atoms with Gasteiger partial charge in [0.05, 0.1) is 17.6 Å². The molecular formula is C20H17Br2N3O2. The molecule has 3 aliphatic heterocycles. The fraction of sp³-hybridized carbons (Fsp3) is 0.300. The molecule has 3 heterocycles. The molecular weight excluding hydrogens is 474 g/mol. The zero-order chi connectivity index (χ0) is 18.7. The van der Waals surface area contributed by atoms with Crippen molar-refractivity contribution in [1.82, 2.24) is 10.0 Å². The molecule has 138 valence electrons. The Balaban J connectivity index is 1.57. The van der Waals surface area contributed by atoms with Crippen molar-refractivity contribution in [2.45, 2.75) is 18.5 Å². The topological polar surface area (TPSA) is 43.9 Å². The molecule has 7 heteroatoms. The Kier molecular flexibility index (Phi) is 4.23. The van der Waals surface area contributed by atoms with Crippen LogP contribution in [0.15, 0.2) is 57.5 Å². The molecule has 5 rings (SSSR count). The summed E-state index contributed by atoms with van der Waals surface area (Å²) in [6, 6.07) is 14.9. The Labute approximate surface area is 174 Å². The lowest BCUT2D eigenvalue weighted by molar-refractivity contribution is -0.126. The van der Waals surface area contributed by atoms with Crippen LogP contribution in [0, 0.1) is 5.92 Å². The molecule has 0 saturated carbocycles. The van der Waals surface area contributed by atoms with Gasteiger partial charge in [0.25, 0.3) is 5.91 Å². The van der Waals surface area contributed by atoms with E-state index < -0.39 is 6.04 Å². The SMILES string of the molecule is O=C1[C@H]2[C@H](C(=O)N1c1ccc(Br)cc1)N1CCCN1[C@H]2c1ccc(Br)cc1. The van der Waals surface area contributed by atoms with Gasteiger partial charge in [-0.25, -0.2) is 14.9 Å². The number of carbonyl (C=O) groups is 2. The molecule has 2 aromatic rings. The van der Waals surface area contributed by atoms with Crippen molar-refractivity contribution in [2.75, 3.05) is 18.0 Å². The summed E-state index contributed by atoms with van der Waals surface area (Å²) in [4.78, 5) is 28.0. The predicted molar refractivity (Wildman–Crippen MR) is 109 cm³/mol. The summed E-state index contributed by atoms with van der Waals surface area (Å²) >= 11 is 6.89. The van der Waals surface area contributed by atoms with Gasteiger partial charge in [-0.3, -0.25) is 9.59 Å². The lowest BCUT2D eigenvalue weighted by Crippen LogP contribution is -2.44. The Bertz CT molecular complexity index is 916. The van der Waals surface area contributed by atoms with E-state index in [4.69, 9.17) is 0 Å². The first kappa shape index (κ1) is 17.6. The summed E-state index contributed by atoms with van der Waals surface area (Å²) in [5.41, 5.74) is 1.72. The first-order chi connectivity index (χ1) is 13.1. The lowest BCUT2D eigenvalue weighted by Gasteiger charge is -2.29. The Hall–Kier alpha value is -1.54. The van der Waals surface area contributed by atoms with Crippen molar-refractivity contribution >= 4 is 49.4 Å². The first-order valence-corrected chi connectivity index (χ1v) is 10.6. The van der Waals surface area contributed by atoms with E-state index in [2.05, 4.69) is 41.9 Å². The van der Waals surface area contributed by atoms with Gasteiger partial charge in [0.2, 0.25) is 5.91 Å². The van der Waals surface area contributed by atoms with Crippen LogP contribution in [0.3, 0.4) is 0 Å². The zero-order valence-corrected chi connectivity index (χ0v) is 17.6. The predicted octanol–water partition coefficient (Wildman–Crippen LogP) is 3.75. The number of amides is 2. The number of hydrogen-bond donors (Lipinski definition) is 0. The van der Waals surface area contributed by atoms with Crippen LogP contribution in [-0.2, 0) is 9.59 Å². The van der Waals surface area contributed by atoms with E-state index in [1.54, 1.807) is 0 Å². The van der Waals surface area contributed by atoms with Gasteiger partial charge in [-0.05, 0) is 48.4 Å². The number of imide groups is 1. The molecule has 0 aliphatic carbocycles. The summed E-state index contributed by atoms with van der Waals surface area (Å²) in [5.74, 6) is -0.587. The van der Waals surface area contributed by atoms with E-state index in [-0.39, 0.29) is 23.8 Å². The highest BCUT2D eigenvalue weighted by molar-refractivity contribution is 9.10. The van der Waals surface area contributed by atoms with Gasteiger partial charge in [-0.1, -0.05) is 44.0 Å². The number of anilines is 1. The molecule has 3 atom stereocenters. The summed E-state index contributed by atoms with van der Waals surface area (Å²) in [5, 5.41) is 4.35. The van der Waals surface area contributed by atoms with Crippen LogP contribution in [0.5, 0.6) is 0 Å². The maximum atomic E-state index is 13.4. The average Bonchev–Trinajstić information content (AvgIpc) is 3.30. The molecule has 27 heavy (non-hydrogen) atoms. The number of fused-ring (bicyclic) bond motifs is 3. The van der Waals surface area contributed by atoms with Crippen LogP contribution >= 0.6 is 31.9 Å². The van der Waals surface area contributed by atoms with Gasteiger partial charge in [0, 0.05) is 22.0 Å². The maximum absolute atomic E-state index is 13.4. The Morgan fingerprint density at radius 3 is 1.93 bits per heavy atom. The van der Waals surface area contributed by atoms with Gasteiger partial charge < -0.3 is 0 Å². The molecule has 0 aromatic heterocycles. The fourth-order valence-electron chi connectivity index (χ4n) is 4.62. The third-order valence-electron chi connectivity index (χ3n) is 5.70. The van der Waals surface area contributed by atoms with Crippen molar-refractivity contribution in [1.29, 1.82) is 0 Å². The highest BCUT2D eigenvalue weighted by atomic mass is 79.9. The van der Waals surface area contributed by atoms with Gasteiger partial charge >= 0.3 is 0 Å². The second kappa shape index (κ2) is 6.51. The standard InChI is InChI=1S/C20H17Br2N3O2/c21-13-4-2-12(3-5-13)17-16-18(24-11-1-10-23(17)24)20(27)25(19(16)26)15-8-6-14(22)7-9-15/h2-9,16-18H,1,10-11H2/t16-,17+,18-/m1/s1. The summed E-state index contributed by atoms with van der Waals surface area (Å²) in [6.45, 7) is 1.70. The van der Waals surface area contributed by atoms with Crippen molar-refractivity contribution in [2.24, 2.45) is 5.92 Å². The Morgan fingerprint density at radius 2 is 1.30 bits per heavy atom. The quantitative estimate of drug-likeness (QED) is 0.601. The summed E-state index contributed by atoms with van der Waals surface area (Å²) in [7, 11) is 0. The number of hydrogen-bond acceptors (Lipinski definition) is 4. The second-order valence-corrected chi connectivity index (χ2v) is 8.97. The van der Waals surface area contributed by atoms with Crippen molar-refractivity contribution < 1.29 is 9.59 Å². The minimum Gasteiger partial charge on any atom is -0.274 e. The van der Waals surface area contributed by atoms with Crippen LogP contribution < -0.4 is 4.90 Å². The van der Waals surface area contributed by atoms with Gasteiger partial charge in [-0.2, -0.15) is 0 Å². The van der Waals surface area contributed by atoms with Crippen LogP contribution in [0.25, 0.3) is 0 Å². The van der Waals surface area contributed by atoms with E-state index in [1.165, 1.54) is 4.90 Å². The third-order valence-corrected chi connectivity index (χ3v) is 6.76. The number of benzene rings is 2. The van der Waals surface area contributed by atoms with E-state index in [9.17, 15) is 9.59 Å². The van der Waals surface area contributed by atoms with Crippen LogP contribution in [0.4, 0.5) is 5.69 Å². The fourth-order valence-corrected chi connectivity index (χ4v) is 5.15. The van der Waals surface area contributed by atoms with Crippen LogP contribution in [0.1, 0.15) is 18.0 Å². The van der Waals surface area contributed by atoms with E-state index in [1.807, 2.05) is 48.5 Å². The molecule has 3 fully saturated rings. The minimum absolute atomic E-state index is 0.0949. The Morgan fingerprint density at radius 1 is 0.741 bits per heavy atom. The summed E-state index contributed by atoms with van der Waals surface area (Å²) in [6.07, 6.45) is 1.01. The molecule has 0 N–H and O–H groups in total. The van der Waals surface area contributed by atoms with Crippen molar-refractivity contribution in [3.05, 3.63) is 63.0 Å². The van der Waals surface area contributed by atoms with Crippen LogP contribution in [-0.4, -0.2) is 41.0 Å². The second-order valence-electron chi connectivity index (χ2n) is 7.14. The van der Waals surface area contributed by atoms with E-state index in [0.29, 0.717) is 5.69 Å². The highest BCUT2D eigenvalue weighted by Crippen LogP contribution is 2.49. The third kappa shape index (κ3) is 2.63. The molecule has 0 radical (unpaired) electrons. The molecule has 3 aliphatic rings. The van der Waals surface area contributed by atoms with E-state index >= 15 is 0 Å². The van der Waals surface area contributed by atoms with Gasteiger partial charge in [0.1, 0.15) is 6.04 Å². The molecule has 2 aromatic carbocycles. The monoisotopic (exact) mass is 489 g/mol. The molecule has 0 bridgehead atoms. The van der Waals surface area contributed by atoms with E-state index in [0.717, 1.165) is 34.0 Å². The number of nitrogens with zero attached hydrogens (tertiary/aromatic N) is 3. The first-order valence-electron chi connectivity index (χ1n) is 8.98. The molecule has 2 amide bonds. The lowest BCUT2D eigenvalue weighted by atomic mass is 9.90. The molecule has 0 unspecified atom stereocenters. The maximum Gasteiger partial charge on any atom is 0.253 e. The zero-order valence-electron chi connectivity index (χ0n) is 14.4. The van der Waals surface area contributed by atoms with Crippen LogP contribution in [0.2, 0.25) is 0 Å². The normalized spacial score (nSPS) is 28.1. The van der Waals surface area contributed by atoms with Crippen molar-refractivity contribution in [3.63, 3.8) is 0 Å². The average molecular weight is 491 g/mol. The largest absolute Gasteiger partial charge is 0.274 e. The summed E-state index contributed by atoms with van der Waals surface area (Å²) < 4.78 is 1.92. The number of carbonyl (C=O) groups excluding carboxylic acids is 2. The number of hydrazine groups is 1. The van der Waals surface area contributed by atoms with Gasteiger partial charge in [-0.15, -0.1) is 0 Å². The smallest absolute Gasteiger partial charge is 0.253 e. The van der Waals surface area contributed by atoms with Crippen molar-refractivity contribution in [3.8, 4) is 0 Å². The molecule has 3 saturated heterocycles. The minimum atomic E-state index is -0.405. The highest BCUT2D eigenvalue weighted by Gasteiger charge is 2.62. The number of halogens is 2. The molecule has 5 nitrogen and oxygen atoms in total. The van der Waals surface area contributed by atoms with Gasteiger partial charge in [0.15, 0.2) is 0 Å². The molecule has 0 spiro atoms. The number of rotatable bonds is 2.